The van der Waals surface area contributed by atoms with Crippen molar-refractivity contribution < 1.29 is 9.53 Å². The molecule has 0 spiro atoms. The standard InChI is InChI=1S/C21H21N3O2S/c22-13-16(14-23-15-17-7-6-12-26-17)21(25)24-19-10-4-5-11-20(19)27-18-8-2-1-3-9-18/h1-5,8-11,14,17,23H,6-7,12,15H2,(H,24,25)/b16-14-. The molecule has 2 N–H and O–H groups in total. The molecular formula is C21H21N3O2S. The van der Waals surface area contributed by atoms with Crippen LogP contribution in [0.15, 0.2) is 76.2 Å². The first kappa shape index (κ1) is 19.0. The van der Waals surface area contributed by atoms with E-state index in [0.29, 0.717) is 12.2 Å². The van der Waals surface area contributed by atoms with Gasteiger partial charge in [-0.25, -0.2) is 0 Å². The number of carbonyl (C=O) groups is 1. The van der Waals surface area contributed by atoms with Gasteiger partial charge in [-0.15, -0.1) is 0 Å². The lowest BCUT2D eigenvalue weighted by atomic mass is 10.2. The number of nitrogens with zero attached hydrogens (tertiary/aromatic N) is 1. The lowest BCUT2D eigenvalue weighted by Crippen LogP contribution is -2.24. The molecule has 3 rings (SSSR count). The average molecular weight is 379 g/mol. The van der Waals surface area contributed by atoms with Gasteiger partial charge in [-0.1, -0.05) is 42.1 Å². The van der Waals surface area contributed by atoms with Crippen molar-refractivity contribution in [2.75, 3.05) is 18.5 Å². The maximum atomic E-state index is 12.5. The lowest BCUT2D eigenvalue weighted by molar-refractivity contribution is -0.112. The van der Waals surface area contributed by atoms with Crippen molar-refractivity contribution in [1.82, 2.24) is 5.32 Å². The maximum absolute atomic E-state index is 12.5. The molecule has 2 aromatic carbocycles. The van der Waals surface area contributed by atoms with Crippen LogP contribution < -0.4 is 10.6 Å². The molecule has 1 atom stereocenters. The zero-order valence-corrected chi connectivity index (χ0v) is 15.7. The Balaban J connectivity index is 1.64. The van der Waals surface area contributed by atoms with E-state index in [1.807, 2.05) is 60.7 Å². The minimum Gasteiger partial charge on any atom is -0.387 e. The predicted molar refractivity (Wildman–Crippen MR) is 106 cm³/mol. The van der Waals surface area contributed by atoms with Crippen LogP contribution in [0.3, 0.4) is 0 Å². The minimum atomic E-state index is -0.432. The van der Waals surface area contributed by atoms with Crippen molar-refractivity contribution in [3.63, 3.8) is 0 Å². The molecule has 5 nitrogen and oxygen atoms in total. The predicted octanol–water partition coefficient (Wildman–Crippen LogP) is 3.95. The summed E-state index contributed by atoms with van der Waals surface area (Å²) >= 11 is 1.56. The highest BCUT2D eigenvalue weighted by Crippen LogP contribution is 2.33. The van der Waals surface area contributed by atoms with Crippen LogP contribution >= 0.6 is 11.8 Å². The Morgan fingerprint density at radius 1 is 1.22 bits per heavy atom. The maximum Gasteiger partial charge on any atom is 0.267 e. The summed E-state index contributed by atoms with van der Waals surface area (Å²) in [5.41, 5.74) is 0.712. The summed E-state index contributed by atoms with van der Waals surface area (Å²) in [5, 5.41) is 15.2. The minimum absolute atomic E-state index is 0.0347. The summed E-state index contributed by atoms with van der Waals surface area (Å²) in [6, 6.07) is 19.4. The molecule has 1 saturated heterocycles. The molecule has 1 heterocycles. The molecule has 0 aliphatic carbocycles. The first-order valence-corrected chi connectivity index (χ1v) is 9.66. The number of nitriles is 1. The van der Waals surface area contributed by atoms with E-state index in [-0.39, 0.29) is 11.7 Å². The van der Waals surface area contributed by atoms with Gasteiger partial charge in [0.2, 0.25) is 0 Å². The van der Waals surface area contributed by atoms with Gasteiger partial charge >= 0.3 is 0 Å². The fourth-order valence-electron chi connectivity index (χ4n) is 2.71. The molecule has 0 bridgehead atoms. The van der Waals surface area contributed by atoms with Gasteiger partial charge in [-0.05, 0) is 37.1 Å². The van der Waals surface area contributed by atoms with E-state index < -0.39 is 5.91 Å². The Bertz CT molecular complexity index is 840. The largest absolute Gasteiger partial charge is 0.387 e. The molecule has 1 fully saturated rings. The Hall–Kier alpha value is -2.75. The molecule has 1 aliphatic heterocycles. The summed E-state index contributed by atoms with van der Waals surface area (Å²) in [4.78, 5) is 14.5. The molecule has 138 valence electrons. The van der Waals surface area contributed by atoms with Gasteiger partial charge in [0.25, 0.3) is 5.91 Å². The Kier molecular flexibility index (Phi) is 6.91. The molecule has 0 aromatic heterocycles. The van der Waals surface area contributed by atoms with Crippen molar-refractivity contribution in [3.05, 3.63) is 66.4 Å². The topological polar surface area (TPSA) is 74.1 Å². The SMILES string of the molecule is N#C/C(=C/NCC1CCCO1)C(=O)Nc1ccccc1Sc1ccccc1. The Morgan fingerprint density at radius 3 is 2.74 bits per heavy atom. The highest BCUT2D eigenvalue weighted by atomic mass is 32.2. The number of ether oxygens (including phenoxy) is 1. The first-order valence-electron chi connectivity index (χ1n) is 8.85. The molecule has 2 aromatic rings. The second-order valence-corrected chi connectivity index (χ2v) is 7.19. The van der Waals surface area contributed by atoms with Gasteiger partial charge in [0, 0.05) is 29.1 Å². The van der Waals surface area contributed by atoms with Crippen LogP contribution in [0.1, 0.15) is 12.8 Å². The van der Waals surface area contributed by atoms with Crippen LogP contribution in [0, 0.1) is 11.3 Å². The number of nitrogens with one attached hydrogen (secondary N) is 2. The highest BCUT2D eigenvalue weighted by molar-refractivity contribution is 7.99. The van der Waals surface area contributed by atoms with E-state index in [4.69, 9.17) is 4.74 Å². The molecule has 27 heavy (non-hydrogen) atoms. The van der Waals surface area contributed by atoms with Crippen LogP contribution in [0.2, 0.25) is 0 Å². The smallest absolute Gasteiger partial charge is 0.267 e. The van der Waals surface area contributed by atoms with Gasteiger partial charge in [0.1, 0.15) is 11.6 Å². The van der Waals surface area contributed by atoms with E-state index in [0.717, 1.165) is 29.2 Å². The third kappa shape index (κ3) is 5.61. The molecule has 0 radical (unpaired) electrons. The summed E-state index contributed by atoms with van der Waals surface area (Å²) in [7, 11) is 0. The van der Waals surface area contributed by atoms with E-state index in [1.165, 1.54) is 6.20 Å². The quantitative estimate of drug-likeness (QED) is 0.563. The third-order valence-corrected chi connectivity index (χ3v) is 5.17. The molecule has 0 saturated carbocycles. The van der Waals surface area contributed by atoms with Gasteiger partial charge in [0.15, 0.2) is 0 Å². The molecular weight excluding hydrogens is 358 g/mol. The van der Waals surface area contributed by atoms with Crippen molar-refractivity contribution >= 4 is 23.4 Å². The summed E-state index contributed by atoms with van der Waals surface area (Å²) in [6.45, 7) is 1.37. The number of carbonyl (C=O) groups excluding carboxylic acids is 1. The number of amides is 1. The molecule has 6 heteroatoms. The number of benzene rings is 2. The first-order chi connectivity index (χ1) is 13.3. The number of rotatable bonds is 7. The van der Waals surface area contributed by atoms with Gasteiger partial charge in [0.05, 0.1) is 11.8 Å². The van der Waals surface area contributed by atoms with Crippen LogP contribution in [0.4, 0.5) is 5.69 Å². The zero-order chi connectivity index (χ0) is 18.9. The van der Waals surface area contributed by atoms with Crippen molar-refractivity contribution in [1.29, 1.82) is 5.26 Å². The van der Waals surface area contributed by atoms with Crippen LogP contribution in [-0.4, -0.2) is 25.2 Å². The Labute approximate surface area is 163 Å². The lowest BCUT2D eigenvalue weighted by Gasteiger charge is -2.11. The van der Waals surface area contributed by atoms with Crippen molar-refractivity contribution in [3.8, 4) is 6.07 Å². The number of anilines is 1. The normalized spacial score (nSPS) is 16.6. The number of hydrogen-bond acceptors (Lipinski definition) is 5. The van der Waals surface area contributed by atoms with Gasteiger partial charge in [-0.3, -0.25) is 4.79 Å². The second kappa shape index (κ2) is 9.81. The number of para-hydroxylation sites is 1. The molecule has 1 aliphatic rings. The van der Waals surface area contributed by atoms with E-state index in [2.05, 4.69) is 10.6 Å². The number of hydrogen-bond donors (Lipinski definition) is 2. The van der Waals surface area contributed by atoms with Crippen LogP contribution in [0.25, 0.3) is 0 Å². The van der Waals surface area contributed by atoms with E-state index in [1.54, 1.807) is 11.8 Å². The highest BCUT2D eigenvalue weighted by Gasteiger charge is 2.15. The molecule has 1 amide bonds. The fourth-order valence-corrected chi connectivity index (χ4v) is 3.63. The molecule has 1 unspecified atom stereocenters. The van der Waals surface area contributed by atoms with Crippen LogP contribution in [-0.2, 0) is 9.53 Å². The average Bonchev–Trinajstić information content (AvgIpc) is 3.21. The second-order valence-electron chi connectivity index (χ2n) is 6.08. The van der Waals surface area contributed by atoms with Gasteiger partial charge < -0.3 is 15.4 Å². The van der Waals surface area contributed by atoms with E-state index >= 15 is 0 Å². The monoisotopic (exact) mass is 379 g/mol. The zero-order valence-electron chi connectivity index (χ0n) is 14.9. The van der Waals surface area contributed by atoms with E-state index in [9.17, 15) is 10.1 Å². The van der Waals surface area contributed by atoms with Crippen LogP contribution in [0.5, 0.6) is 0 Å². The Morgan fingerprint density at radius 2 is 2.00 bits per heavy atom. The van der Waals surface area contributed by atoms with Crippen molar-refractivity contribution in [2.24, 2.45) is 0 Å². The summed E-state index contributed by atoms with van der Waals surface area (Å²) < 4.78 is 5.52. The summed E-state index contributed by atoms with van der Waals surface area (Å²) in [5.74, 6) is -0.432. The summed E-state index contributed by atoms with van der Waals surface area (Å²) in [6.07, 6.45) is 3.66. The third-order valence-electron chi connectivity index (χ3n) is 4.09. The van der Waals surface area contributed by atoms with Gasteiger partial charge in [-0.2, -0.15) is 5.26 Å². The fraction of sp³-hybridized carbons (Fsp3) is 0.238. The van der Waals surface area contributed by atoms with Crippen molar-refractivity contribution in [2.45, 2.75) is 28.7 Å².